The zero-order chi connectivity index (χ0) is 19.3. The van der Waals surface area contributed by atoms with E-state index in [9.17, 15) is 9.90 Å². The Labute approximate surface area is 164 Å². The summed E-state index contributed by atoms with van der Waals surface area (Å²) in [6.45, 7) is 6.36. The maximum Gasteiger partial charge on any atom is 0.227 e. The predicted molar refractivity (Wildman–Crippen MR) is 105 cm³/mol. The number of anilines is 1. The first-order valence-corrected chi connectivity index (χ1v) is 9.99. The molecule has 8 nitrogen and oxygen atoms in total. The number of hydrogen-bond acceptors (Lipinski definition) is 8. The van der Waals surface area contributed by atoms with Crippen LogP contribution in [0.4, 0.5) is 5.82 Å². The number of hydrogen-bond donors (Lipinski definition) is 1. The molecule has 28 heavy (non-hydrogen) atoms. The van der Waals surface area contributed by atoms with E-state index in [1.807, 2.05) is 0 Å². The molecule has 0 atom stereocenters. The molecule has 1 N–H and O–H groups in total. The summed E-state index contributed by atoms with van der Waals surface area (Å²) in [7, 11) is 0. The van der Waals surface area contributed by atoms with Crippen molar-refractivity contribution in [1.82, 2.24) is 19.8 Å². The average Bonchev–Trinajstić information content (AvgIpc) is 2.74. The van der Waals surface area contributed by atoms with E-state index >= 15 is 0 Å². The highest BCUT2D eigenvalue weighted by molar-refractivity contribution is 5.35. The molecule has 2 fully saturated rings. The first-order valence-electron chi connectivity index (χ1n) is 9.99. The molecule has 0 bridgehead atoms. The van der Waals surface area contributed by atoms with Gasteiger partial charge in [0.15, 0.2) is 5.76 Å². The third-order valence-corrected chi connectivity index (χ3v) is 5.49. The third-order valence-electron chi connectivity index (χ3n) is 5.49. The molecule has 0 radical (unpaired) electrons. The normalized spacial score (nSPS) is 19.1. The van der Waals surface area contributed by atoms with Gasteiger partial charge in [0.2, 0.25) is 11.2 Å². The standard InChI is InChI=1S/C20H27N5O3/c26-17-12-16(14-23-6-2-1-3-7-23)28-18(20(17)27)15-24-8-10-25(11-9-24)19-13-21-4-5-22-19/h4-5,12-13,27H,1-3,6-11,14-15H2. The van der Waals surface area contributed by atoms with E-state index in [0.717, 1.165) is 45.1 Å². The van der Waals surface area contributed by atoms with Crippen LogP contribution in [0, 0.1) is 0 Å². The largest absolute Gasteiger partial charge is 0.502 e. The van der Waals surface area contributed by atoms with Crippen molar-refractivity contribution < 1.29 is 9.52 Å². The maximum absolute atomic E-state index is 12.2. The van der Waals surface area contributed by atoms with Gasteiger partial charge in [-0.1, -0.05) is 6.42 Å². The Balaban J connectivity index is 1.39. The Morgan fingerprint density at radius 3 is 2.43 bits per heavy atom. The summed E-state index contributed by atoms with van der Waals surface area (Å²) in [4.78, 5) is 27.4. The van der Waals surface area contributed by atoms with Gasteiger partial charge in [0.25, 0.3) is 0 Å². The lowest BCUT2D eigenvalue weighted by atomic mass is 10.1. The molecule has 2 aromatic heterocycles. The van der Waals surface area contributed by atoms with Gasteiger partial charge in [0.05, 0.1) is 19.3 Å². The van der Waals surface area contributed by atoms with Gasteiger partial charge in [-0.15, -0.1) is 0 Å². The van der Waals surface area contributed by atoms with Crippen LogP contribution in [0.5, 0.6) is 5.75 Å². The molecule has 0 aliphatic carbocycles. The molecule has 2 aromatic rings. The van der Waals surface area contributed by atoms with Crippen LogP contribution in [0.1, 0.15) is 30.8 Å². The molecule has 150 valence electrons. The number of nitrogens with zero attached hydrogens (tertiary/aromatic N) is 5. The van der Waals surface area contributed by atoms with Crippen molar-refractivity contribution in [3.63, 3.8) is 0 Å². The first-order chi connectivity index (χ1) is 13.7. The molecular weight excluding hydrogens is 358 g/mol. The molecule has 0 amide bonds. The predicted octanol–water partition coefficient (Wildman–Crippen LogP) is 1.44. The summed E-state index contributed by atoms with van der Waals surface area (Å²) in [5, 5.41) is 10.2. The fourth-order valence-corrected chi connectivity index (χ4v) is 3.90. The lowest BCUT2D eigenvalue weighted by Crippen LogP contribution is -2.46. The Bertz CT molecular complexity index is 827. The summed E-state index contributed by atoms with van der Waals surface area (Å²) in [5.41, 5.74) is -0.355. The highest BCUT2D eigenvalue weighted by Crippen LogP contribution is 2.20. The Hall–Kier alpha value is -2.45. The van der Waals surface area contributed by atoms with Crippen molar-refractivity contribution in [2.24, 2.45) is 0 Å². The number of piperidine rings is 1. The summed E-state index contributed by atoms with van der Waals surface area (Å²) in [5.74, 6) is 1.61. The van der Waals surface area contributed by atoms with Crippen molar-refractivity contribution in [2.75, 3.05) is 44.2 Å². The maximum atomic E-state index is 12.2. The average molecular weight is 385 g/mol. The molecule has 0 saturated carbocycles. The van der Waals surface area contributed by atoms with Crippen molar-refractivity contribution in [3.8, 4) is 5.75 Å². The summed E-state index contributed by atoms with van der Waals surface area (Å²) in [6.07, 6.45) is 8.77. The number of piperazine rings is 1. The second kappa shape index (κ2) is 8.70. The van der Waals surface area contributed by atoms with Gasteiger partial charge >= 0.3 is 0 Å². The van der Waals surface area contributed by atoms with Crippen LogP contribution in [-0.2, 0) is 13.1 Å². The second-order valence-electron chi connectivity index (χ2n) is 7.51. The van der Waals surface area contributed by atoms with E-state index in [2.05, 4.69) is 24.7 Å². The van der Waals surface area contributed by atoms with Crippen molar-refractivity contribution in [3.05, 3.63) is 46.4 Å². The Kier molecular flexibility index (Phi) is 5.87. The van der Waals surface area contributed by atoms with Gasteiger partial charge < -0.3 is 14.4 Å². The number of aromatic hydroxyl groups is 1. The van der Waals surface area contributed by atoms with Gasteiger partial charge in [0.1, 0.15) is 11.6 Å². The van der Waals surface area contributed by atoms with E-state index in [4.69, 9.17) is 4.42 Å². The molecule has 4 rings (SSSR count). The Morgan fingerprint density at radius 2 is 1.71 bits per heavy atom. The van der Waals surface area contributed by atoms with E-state index in [1.54, 1.807) is 18.6 Å². The smallest absolute Gasteiger partial charge is 0.227 e. The van der Waals surface area contributed by atoms with Crippen LogP contribution < -0.4 is 10.3 Å². The zero-order valence-electron chi connectivity index (χ0n) is 16.1. The third kappa shape index (κ3) is 4.51. The number of likely N-dealkylation sites (tertiary alicyclic amines) is 1. The van der Waals surface area contributed by atoms with Gasteiger partial charge in [-0.2, -0.15) is 0 Å². The molecule has 2 aliphatic rings. The van der Waals surface area contributed by atoms with Gasteiger partial charge in [-0.3, -0.25) is 19.6 Å². The fraction of sp³-hybridized carbons (Fsp3) is 0.550. The van der Waals surface area contributed by atoms with Crippen LogP contribution in [-0.4, -0.2) is 64.1 Å². The topological polar surface area (TPSA) is 85.9 Å². The minimum atomic E-state index is -0.355. The molecular formula is C20H27N5O3. The highest BCUT2D eigenvalue weighted by atomic mass is 16.4. The van der Waals surface area contributed by atoms with Crippen LogP contribution in [0.15, 0.2) is 33.9 Å². The molecule has 0 aromatic carbocycles. The molecule has 8 heteroatoms. The van der Waals surface area contributed by atoms with Crippen LogP contribution in [0.3, 0.4) is 0 Å². The van der Waals surface area contributed by atoms with E-state index in [0.29, 0.717) is 24.6 Å². The summed E-state index contributed by atoms with van der Waals surface area (Å²) in [6, 6.07) is 1.43. The Morgan fingerprint density at radius 1 is 0.964 bits per heavy atom. The van der Waals surface area contributed by atoms with Crippen molar-refractivity contribution >= 4 is 5.82 Å². The fourth-order valence-electron chi connectivity index (χ4n) is 3.90. The molecule has 2 saturated heterocycles. The minimum absolute atomic E-state index is 0.265. The van der Waals surface area contributed by atoms with E-state index in [1.165, 1.54) is 25.3 Å². The first kappa shape index (κ1) is 18.9. The summed E-state index contributed by atoms with van der Waals surface area (Å²) < 4.78 is 5.94. The van der Waals surface area contributed by atoms with Crippen LogP contribution in [0.2, 0.25) is 0 Å². The lowest BCUT2D eigenvalue weighted by molar-refractivity contribution is 0.187. The molecule has 0 spiro atoms. The highest BCUT2D eigenvalue weighted by Gasteiger charge is 2.22. The monoisotopic (exact) mass is 385 g/mol. The van der Waals surface area contributed by atoms with E-state index in [-0.39, 0.29) is 11.2 Å². The quantitative estimate of drug-likeness (QED) is 0.828. The van der Waals surface area contributed by atoms with Crippen molar-refractivity contribution in [1.29, 1.82) is 0 Å². The number of aromatic nitrogens is 2. The van der Waals surface area contributed by atoms with Gasteiger partial charge in [-0.05, 0) is 25.9 Å². The van der Waals surface area contributed by atoms with Crippen LogP contribution >= 0.6 is 0 Å². The second-order valence-corrected chi connectivity index (χ2v) is 7.51. The number of rotatable bonds is 5. The molecule has 2 aliphatic heterocycles. The van der Waals surface area contributed by atoms with Gasteiger partial charge in [0, 0.05) is 44.6 Å². The molecule has 0 unspecified atom stereocenters. The van der Waals surface area contributed by atoms with Crippen LogP contribution in [0.25, 0.3) is 0 Å². The minimum Gasteiger partial charge on any atom is -0.502 e. The molecule has 4 heterocycles. The van der Waals surface area contributed by atoms with Crippen molar-refractivity contribution in [2.45, 2.75) is 32.4 Å². The zero-order valence-corrected chi connectivity index (χ0v) is 16.1. The van der Waals surface area contributed by atoms with Gasteiger partial charge in [-0.25, -0.2) is 4.98 Å². The lowest BCUT2D eigenvalue weighted by Gasteiger charge is -2.34. The summed E-state index contributed by atoms with van der Waals surface area (Å²) >= 11 is 0. The SMILES string of the molecule is O=c1cc(CN2CCCCC2)oc(CN2CCN(c3cnccn3)CC2)c1O. The van der Waals surface area contributed by atoms with E-state index < -0.39 is 0 Å².